The monoisotopic (exact) mass is 308 g/mol. The Morgan fingerprint density at radius 2 is 1.23 bits per heavy atom. The molecule has 2 aliphatic carbocycles. The van der Waals surface area contributed by atoms with Crippen LogP contribution >= 0.6 is 0 Å². The molecule has 0 spiro atoms. The number of ether oxygens (including phenoxy) is 2. The van der Waals surface area contributed by atoms with Crippen LogP contribution in [0.3, 0.4) is 0 Å². The van der Waals surface area contributed by atoms with Crippen molar-refractivity contribution in [3.05, 3.63) is 0 Å². The van der Waals surface area contributed by atoms with Crippen molar-refractivity contribution in [2.24, 2.45) is 11.8 Å². The van der Waals surface area contributed by atoms with Crippen molar-refractivity contribution in [1.29, 1.82) is 0 Å². The third kappa shape index (κ3) is 4.04. The lowest BCUT2D eigenvalue weighted by Crippen LogP contribution is -2.47. The van der Waals surface area contributed by atoms with Crippen LogP contribution in [0.15, 0.2) is 0 Å². The van der Waals surface area contributed by atoms with Crippen LogP contribution in [-0.2, 0) is 9.47 Å². The topological polar surface area (TPSA) is 38.7 Å². The summed E-state index contributed by atoms with van der Waals surface area (Å²) in [6.07, 6.45) is 14.5. The average Bonchev–Trinajstić information content (AvgIpc) is 2.56. The molecule has 0 atom stereocenters. The predicted octanol–water partition coefficient (Wildman–Crippen LogP) is 3.54. The largest absolute Gasteiger partial charge is 0.379 e. The summed E-state index contributed by atoms with van der Waals surface area (Å²) < 4.78 is 11.4. The summed E-state index contributed by atoms with van der Waals surface area (Å²) >= 11 is 0. The summed E-state index contributed by atoms with van der Waals surface area (Å²) in [5.41, 5.74) is -0.936. The minimum absolute atomic E-state index is 0.225. The molecule has 3 heteroatoms. The van der Waals surface area contributed by atoms with Crippen molar-refractivity contribution in [3.63, 3.8) is 0 Å². The van der Waals surface area contributed by atoms with Crippen LogP contribution in [-0.4, -0.2) is 36.1 Å². The molecule has 0 aromatic rings. The van der Waals surface area contributed by atoms with Gasteiger partial charge in [0, 0.05) is 13.2 Å². The first kappa shape index (κ1) is 17.8. The Morgan fingerprint density at radius 3 is 1.50 bits per heavy atom. The Kier molecular flexibility index (Phi) is 6.74. The van der Waals surface area contributed by atoms with Gasteiger partial charge >= 0.3 is 0 Å². The van der Waals surface area contributed by atoms with Gasteiger partial charge in [0.2, 0.25) is 0 Å². The molecule has 0 unspecified atom stereocenters. The van der Waals surface area contributed by atoms with Gasteiger partial charge in [0.25, 0.3) is 0 Å². The van der Waals surface area contributed by atoms with E-state index < -0.39 is 5.60 Å². The number of terminal acetylenes is 1. The highest BCUT2D eigenvalue weighted by atomic mass is 16.5. The Balaban J connectivity index is 1.91. The molecule has 0 saturated heterocycles. The third-order valence-corrected chi connectivity index (χ3v) is 5.63. The maximum atomic E-state index is 11.2. The maximum absolute atomic E-state index is 11.2. The van der Waals surface area contributed by atoms with Crippen molar-refractivity contribution < 1.29 is 14.6 Å². The lowest BCUT2D eigenvalue weighted by molar-refractivity contribution is -0.0776. The third-order valence-electron chi connectivity index (χ3n) is 5.63. The van der Waals surface area contributed by atoms with Crippen LogP contribution in [0.2, 0.25) is 0 Å². The fraction of sp³-hybridized carbons (Fsp3) is 0.895. The van der Waals surface area contributed by atoms with Gasteiger partial charge in [0.15, 0.2) is 0 Å². The van der Waals surface area contributed by atoms with E-state index in [1.165, 1.54) is 0 Å². The lowest BCUT2D eigenvalue weighted by Gasteiger charge is -2.44. The molecule has 126 valence electrons. The zero-order chi connectivity index (χ0) is 16.0. The summed E-state index contributed by atoms with van der Waals surface area (Å²) in [7, 11) is 0. The molecular weight excluding hydrogens is 276 g/mol. The second kappa shape index (κ2) is 8.34. The number of hydrogen-bond acceptors (Lipinski definition) is 3. The fourth-order valence-electron chi connectivity index (χ4n) is 4.38. The van der Waals surface area contributed by atoms with E-state index in [9.17, 15) is 5.11 Å². The quantitative estimate of drug-likeness (QED) is 0.763. The molecule has 0 radical (unpaired) electrons. The van der Waals surface area contributed by atoms with Gasteiger partial charge in [-0.05, 0) is 77.0 Å². The second-order valence-corrected chi connectivity index (χ2v) is 6.83. The molecular formula is C19H32O3. The Hall–Kier alpha value is -0.560. The zero-order valence-electron chi connectivity index (χ0n) is 14.2. The van der Waals surface area contributed by atoms with Gasteiger partial charge in [0.05, 0.1) is 12.2 Å². The van der Waals surface area contributed by atoms with Gasteiger partial charge in [-0.2, -0.15) is 0 Å². The average molecular weight is 308 g/mol. The molecule has 2 fully saturated rings. The van der Waals surface area contributed by atoms with Crippen LogP contribution in [0.25, 0.3) is 0 Å². The van der Waals surface area contributed by atoms with Crippen molar-refractivity contribution >= 4 is 0 Å². The SMILES string of the molecule is C#CC(O)(C1CCC(OCC)CC1)C1CCC(OCC)CC1. The lowest BCUT2D eigenvalue weighted by atomic mass is 9.66. The van der Waals surface area contributed by atoms with E-state index in [4.69, 9.17) is 15.9 Å². The van der Waals surface area contributed by atoms with E-state index in [1.54, 1.807) is 0 Å². The number of hydrogen-bond donors (Lipinski definition) is 1. The summed E-state index contributed by atoms with van der Waals surface area (Å²) in [5.74, 6) is 3.24. The normalized spacial score (nSPS) is 35.5. The van der Waals surface area contributed by atoms with Crippen LogP contribution in [0.4, 0.5) is 0 Å². The zero-order valence-corrected chi connectivity index (χ0v) is 14.2. The molecule has 0 bridgehead atoms. The minimum Gasteiger partial charge on any atom is -0.379 e. The molecule has 2 aliphatic rings. The van der Waals surface area contributed by atoms with Crippen molar-refractivity contribution in [2.45, 2.75) is 83.0 Å². The molecule has 2 saturated carbocycles. The predicted molar refractivity (Wildman–Crippen MR) is 88.5 cm³/mol. The smallest absolute Gasteiger partial charge is 0.130 e. The van der Waals surface area contributed by atoms with Crippen molar-refractivity contribution in [3.8, 4) is 12.3 Å². The van der Waals surface area contributed by atoms with E-state index in [0.29, 0.717) is 12.2 Å². The van der Waals surface area contributed by atoms with Gasteiger partial charge in [-0.3, -0.25) is 0 Å². The minimum atomic E-state index is -0.936. The molecule has 0 aliphatic heterocycles. The van der Waals surface area contributed by atoms with Gasteiger partial charge in [-0.25, -0.2) is 0 Å². The Labute approximate surface area is 135 Å². The van der Waals surface area contributed by atoms with Gasteiger partial charge in [-0.15, -0.1) is 6.42 Å². The first-order valence-electron chi connectivity index (χ1n) is 9.07. The van der Waals surface area contributed by atoms with E-state index in [1.807, 2.05) is 13.8 Å². The molecule has 0 amide bonds. The van der Waals surface area contributed by atoms with Crippen LogP contribution < -0.4 is 0 Å². The molecule has 22 heavy (non-hydrogen) atoms. The fourth-order valence-corrected chi connectivity index (χ4v) is 4.38. The molecule has 0 aromatic carbocycles. The first-order chi connectivity index (χ1) is 10.6. The van der Waals surface area contributed by atoms with Gasteiger partial charge in [0.1, 0.15) is 5.60 Å². The summed E-state index contributed by atoms with van der Waals surface area (Å²) in [4.78, 5) is 0. The molecule has 2 rings (SSSR count). The van der Waals surface area contributed by atoms with Crippen molar-refractivity contribution in [1.82, 2.24) is 0 Å². The molecule has 0 aromatic heterocycles. The number of rotatable bonds is 6. The highest BCUT2D eigenvalue weighted by Gasteiger charge is 2.44. The second-order valence-electron chi connectivity index (χ2n) is 6.83. The standard InChI is InChI=1S/C19H32O3/c1-4-19(20,15-7-11-17(12-8-15)21-5-2)16-9-13-18(14-10-16)22-6-3/h1,15-18,20H,5-14H2,2-3H3. The van der Waals surface area contributed by atoms with E-state index in [2.05, 4.69) is 5.92 Å². The van der Waals surface area contributed by atoms with Gasteiger partial charge < -0.3 is 14.6 Å². The summed E-state index contributed by atoms with van der Waals surface area (Å²) in [5, 5.41) is 11.2. The van der Waals surface area contributed by atoms with Crippen LogP contribution in [0, 0.1) is 24.2 Å². The Bertz CT molecular complexity index is 331. The van der Waals surface area contributed by atoms with E-state index in [0.717, 1.165) is 64.6 Å². The maximum Gasteiger partial charge on any atom is 0.130 e. The highest BCUT2D eigenvalue weighted by molar-refractivity contribution is 5.15. The molecule has 0 heterocycles. The van der Waals surface area contributed by atoms with Crippen LogP contribution in [0.5, 0.6) is 0 Å². The first-order valence-corrected chi connectivity index (χ1v) is 9.07. The molecule has 1 N–H and O–H groups in total. The van der Waals surface area contributed by atoms with Crippen LogP contribution in [0.1, 0.15) is 65.2 Å². The van der Waals surface area contributed by atoms with E-state index in [-0.39, 0.29) is 11.8 Å². The summed E-state index contributed by atoms with van der Waals surface area (Å²) in [6.45, 7) is 5.63. The van der Waals surface area contributed by atoms with Gasteiger partial charge in [-0.1, -0.05) is 5.92 Å². The Morgan fingerprint density at radius 1 is 0.864 bits per heavy atom. The van der Waals surface area contributed by atoms with Crippen molar-refractivity contribution in [2.75, 3.05) is 13.2 Å². The number of aliphatic hydroxyl groups is 1. The molecule has 3 nitrogen and oxygen atoms in total. The summed E-state index contributed by atoms with van der Waals surface area (Å²) in [6, 6.07) is 0. The van der Waals surface area contributed by atoms with E-state index >= 15 is 0 Å². The highest BCUT2D eigenvalue weighted by Crippen LogP contribution is 2.43.